The zero-order valence-corrected chi connectivity index (χ0v) is 11.9. The maximum atomic E-state index is 2.23. The summed E-state index contributed by atoms with van der Waals surface area (Å²) < 4.78 is 1.43. The average molecular weight is 286 g/mol. The van der Waals surface area contributed by atoms with Crippen molar-refractivity contribution in [2.24, 2.45) is 0 Å². The van der Waals surface area contributed by atoms with Crippen molar-refractivity contribution in [1.29, 1.82) is 0 Å². The van der Waals surface area contributed by atoms with Crippen molar-refractivity contribution >= 4 is 3.21 Å². The van der Waals surface area contributed by atoms with Crippen molar-refractivity contribution in [1.82, 2.24) is 0 Å². The Balaban J connectivity index is 2.28. The summed E-state index contributed by atoms with van der Waals surface area (Å²) in [4.78, 5) is 0. The summed E-state index contributed by atoms with van der Waals surface area (Å²) in [6.07, 6.45) is 1.11. The Kier molecular flexibility index (Phi) is 4.01. The molecular weight excluding hydrogens is 271 g/mol. The van der Waals surface area contributed by atoms with Crippen molar-refractivity contribution in [3.8, 4) is 0 Å². The Morgan fingerprint density at radius 1 is 0.875 bits per heavy atom. The molecule has 0 spiro atoms. The first-order chi connectivity index (χ1) is 7.81. The SMILES string of the molecule is CCc1ccc([C](=[Zr+2])c2ccccc2)cc1. The fourth-order valence-corrected chi connectivity index (χ4v) is 2.50. The second-order valence-electron chi connectivity index (χ2n) is 3.79. The molecule has 0 aliphatic carbocycles. The summed E-state index contributed by atoms with van der Waals surface area (Å²) in [5.74, 6) is 0. The molecule has 16 heavy (non-hydrogen) atoms. The van der Waals surface area contributed by atoms with Crippen LogP contribution in [-0.2, 0) is 30.7 Å². The van der Waals surface area contributed by atoms with E-state index in [4.69, 9.17) is 0 Å². The van der Waals surface area contributed by atoms with E-state index in [0.29, 0.717) is 0 Å². The summed E-state index contributed by atoms with van der Waals surface area (Å²) in [6.45, 7) is 2.19. The van der Waals surface area contributed by atoms with Crippen molar-refractivity contribution in [3.63, 3.8) is 0 Å². The van der Waals surface area contributed by atoms with E-state index in [2.05, 4.69) is 61.5 Å². The molecule has 0 heterocycles. The van der Waals surface area contributed by atoms with E-state index in [0.717, 1.165) is 6.42 Å². The minimum absolute atomic E-state index is 1.11. The van der Waals surface area contributed by atoms with Crippen molar-refractivity contribution in [2.75, 3.05) is 0 Å². The van der Waals surface area contributed by atoms with Gasteiger partial charge in [0.1, 0.15) is 0 Å². The molecule has 0 nitrogen and oxygen atoms in total. The van der Waals surface area contributed by atoms with Gasteiger partial charge in [0.05, 0.1) is 0 Å². The first kappa shape index (κ1) is 11.7. The summed E-state index contributed by atoms with van der Waals surface area (Å²) >= 11 is 1.47. The molecule has 2 rings (SSSR count). The first-order valence-corrected chi connectivity index (χ1v) is 6.77. The van der Waals surface area contributed by atoms with Gasteiger partial charge in [0.2, 0.25) is 0 Å². The van der Waals surface area contributed by atoms with Crippen LogP contribution in [0.1, 0.15) is 23.6 Å². The van der Waals surface area contributed by atoms with Gasteiger partial charge >= 0.3 is 112 Å². The molecule has 76 valence electrons. The van der Waals surface area contributed by atoms with Gasteiger partial charge in [-0.1, -0.05) is 0 Å². The molecule has 0 saturated carbocycles. The van der Waals surface area contributed by atoms with E-state index in [1.165, 1.54) is 44.1 Å². The van der Waals surface area contributed by atoms with Crippen molar-refractivity contribution in [3.05, 3.63) is 71.3 Å². The first-order valence-electron chi connectivity index (χ1n) is 5.54. The predicted molar refractivity (Wildman–Crippen MR) is 65.5 cm³/mol. The van der Waals surface area contributed by atoms with Crippen LogP contribution in [0.25, 0.3) is 0 Å². The molecule has 0 fully saturated rings. The second kappa shape index (κ2) is 5.50. The van der Waals surface area contributed by atoms with Crippen LogP contribution >= 0.6 is 0 Å². The maximum absolute atomic E-state index is 2.23. The van der Waals surface area contributed by atoms with Gasteiger partial charge in [-0.05, 0) is 0 Å². The number of benzene rings is 2. The molecule has 0 aliphatic rings. The number of aryl methyl sites for hydroxylation is 1. The Morgan fingerprint density at radius 3 is 2.00 bits per heavy atom. The van der Waals surface area contributed by atoms with Crippen LogP contribution < -0.4 is 0 Å². The fourth-order valence-electron chi connectivity index (χ4n) is 1.68. The third-order valence-electron chi connectivity index (χ3n) is 2.71. The molecule has 0 bridgehead atoms. The van der Waals surface area contributed by atoms with Crippen LogP contribution in [0.5, 0.6) is 0 Å². The normalized spacial score (nSPS) is 10.2. The standard InChI is InChI=1S/C15H14.Zr/c1-2-13-8-10-15(11-9-13)12-14-6-4-3-5-7-14;/h3-11H,2H2,1H3;/q;+2. The number of hydrogen-bond donors (Lipinski definition) is 0. The molecule has 1 heteroatoms. The van der Waals surface area contributed by atoms with Gasteiger partial charge in [-0.3, -0.25) is 0 Å². The van der Waals surface area contributed by atoms with Gasteiger partial charge in [0.25, 0.3) is 0 Å². The average Bonchev–Trinajstić information content (AvgIpc) is 2.39. The molecule has 0 aliphatic heterocycles. The van der Waals surface area contributed by atoms with E-state index < -0.39 is 0 Å². The molecule has 0 aromatic heterocycles. The van der Waals surface area contributed by atoms with E-state index in [-0.39, 0.29) is 0 Å². The van der Waals surface area contributed by atoms with Gasteiger partial charge in [0, 0.05) is 0 Å². The van der Waals surface area contributed by atoms with E-state index in [1.54, 1.807) is 0 Å². The van der Waals surface area contributed by atoms with E-state index in [1.807, 2.05) is 0 Å². The summed E-state index contributed by atoms with van der Waals surface area (Å²) in [5, 5.41) is 0. The fraction of sp³-hybridized carbons (Fsp3) is 0.133. The van der Waals surface area contributed by atoms with Crippen LogP contribution in [0.4, 0.5) is 0 Å². The topological polar surface area (TPSA) is 0 Å². The molecule has 2 aromatic carbocycles. The zero-order chi connectivity index (χ0) is 11.4. The molecular formula is C15H14Zr+2. The van der Waals surface area contributed by atoms with Gasteiger partial charge in [0.15, 0.2) is 0 Å². The molecule has 0 amide bonds. The van der Waals surface area contributed by atoms with Crippen LogP contribution in [-0.4, -0.2) is 3.21 Å². The Hall–Kier alpha value is -0.807. The van der Waals surface area contributed by atoms with Gasteiger partial charge in [-0.25, -0.2) is 0 Å². The third-order valence-corrected chi connectivity index (χ3v) is 4.13. The number of hydrogen-bond acceptors (Lipinski definition) is 0. The third kappa shape index (κ3) is 2.65. The molecule has 0 N–H and O–H groups in total. The molecule has 0 radical (unpaired) electrons. The van der Waals surface area contributed by atoms with Crippen molar-refractivity contribution in [2.45, 2.75) is 13.3 Å². The number of rotatable bonds is 3. The zero-order valence-electron chi connectivity index (χ0n) is 9.40. The van der Waals surface area contributed by atoms with Gasteiger partial charge in [-0.15, -0.1) is 0 Å². The van der Waals surface area contributed by atoms with Gasteiger partial charge in [-0.2, -0.15) is 0 Å². The van der Waals surface area contributed by atoms with E-state index in [9.17, 15) is 0 Å². The summed E-state index contributed by atoms with van der Waals surface area (Å²) in [7, 11) is 0. The summed E-state index contributed by atoms with van der Waals surface area (Å²) in [6, 6.07) is 19.5. The molecule has 2 aromatic rings. The Morgan fingerprint density at radius 2 is 1.44 bits per heavy atom. The minimum atomic E-state index is 1.11. The van der Waals surface area contributed by atoms with Crippen molar-refractivity contribution < 1.29 is 24.2 Å². The van der Waals surface area contributed by atoms with Crippen LogP contribution in [0.2, 0.25) is 0 Å². The van der Waals surface area contributed by atoms with E-state index >= 15 is 0 Å². The van der Waals surface area contributed by atoms with Crippen LogP contribution in [0.3, 0.4) is 0 Å². The molecule has 0 saturated heterocycles. The van der Waals surface area contributed by atoms with Crippen LogP contribution in [0.15, 0.2) is 54.6 Å². The monoisotopic (exact) mass is 284 g/mol. The van der Waals surface area contributed by atoms with Crippen LogP contribution in [0, 0.1) is 0 Å². The quantitative estimate of drug-likeness (QED) is 0.811. The summed E-state index contributed by atoms with van der Waals surface area (Å²) in [5.41, 5.74) is 4.09. The molecule has 0 unspecified atom stereocenters. The Labute approximate surface area is 112 Å². The van der Waals surface area contributed by atoms with Gasteiger partial charge < -0.3 is 0 Å². The second-order valence-corrected chi connectivity index (χ2v) is 5.02. The predicted octanol–water partition coefficient (Wildman–Crippen LogP) is 3.36. The Bertz CT molecular complexity index is 469. The molecule has 0 atom stereocenters.